The first kappa shape index (κ1) is 29.3. The molecule has 1 heterocycles. The van der Waals surface area contributed by atoms with E-state index in [9.17, 15) is 10.1 Å². The van der Waals surface area contributed by atoms with Crippen LogP contribution in [0.1, 0.15) is 60.4 Å². The number of aryl methyl sites for hydroxylation is 3. The van der Waals surface area contributed by atoms with Crippen molar-refractivity contribution < 1.29 is 14.3 Å². The number of anilines is 1. The van der Waals surface area contributed by atoms with Crippen LogP contribution in [-0.2, 0) is 11.4 Å². The van der Waals surface area contributed by atoms with Crippen molar-refractivity contribution in [2.45, 2.75) is 60.0 Å². The molecule has 0 aromatic heterocycles. The van der Waals surface area contributed by atoms with Crippen LogP contribution in [0.25, 0.3) is 0 Å². The molecule has 42 heavy (non-hydrogen) atoms. The minimum atomic E-state index is -0.579. The van der Waals surface area contributed by atoms with E-state index in [4.69, 9.17) is 26.8 Å². The quantitative estimate of drug-likeness (QED) is 0.319. The molecule has 7 heteroatoms. The normalized spacial score (nSPS) is 18.1. The van der Waals surface area contributed by atoms with Crippen molar-refractivity contribution in [1.82, 2.24) is 0 Å². The van der Waals surface area contributed by atoms with Gasteiger partial charge in [-0.2, -0.15) is 5.26 Å². The van der Waals surface area contributed by atoms with Gasteiger partial charge in [0.15, 0.2) is 5.78 Å². The maximum Gasteiger partial charge on any atom is 0.162 e. The molecule has 1 aliphatic carbocycles. The second kappa shape index (κ2) is 11.2. The number of nitrogens with zero attached hydrogens (tertiary/aromatic N) is 2. The Morgan fingerprint density at radius 1 is 1.00 bits per heavy atom. The molecule has 6 nitrogen and oxygen atoms in total. The Bertz CT molecular complexity index is 1680. The lowest BCUT2D eigenvalue weighted by atomic mass is 9.68. The van der Waals surface area contributed by atoms with E-state index in [1.165, 1.54) is 0 Å². The summed E-state index contributed by atoms with van der Waals surface area (Å²) in [5, 5.41) is 11.1. The van der Waals surface area contributed by atoms with Gasteiger partial charge in [-0.1, -0.05) is 43.6 Å². The zero-order chi connectivity index (χ0) is 30.3. The molecule has 1 unspecified atom stereocenters. The zero-order valence-corrected chi connectivity index (χ0v) is 25.7. The minimum Gasteiger partial charge on any atom is -0.497 e. The van der Waals surface area contributed by atoms with Gasteiger partial charge in [0.05, 0.1) is 30.4 Å². The van der Waals surface area contributed by atoms with Gasteiger partial charge < -0.3 is 15.2 Å². The summed E-state index contributed by atoms with van der Waals surface area (Å²) >= 11 is 6.43. The number of Topliss-reactive ketones (excluding diaryl/α,β-unsaturated/α-hetero) is 1. The third-order valence-corrected chi connectivity index (χ3v) is 8.52. The largest absolute Gasteiger partial charge is 0.497 e. The third kappa shape index (κ3) is 5.37. The Hall–Kier alpha value is -4.21. The molecule has 2 N–H and O–H groups in total. The van der Waals surface area contributed by atoms with Crippen LogP contribution in [0.3, 0.4) is 0 Å². The van der Waals surface area contributed by atoms with Gasteiger partial charge in [-0.25, -0.2) is 0 Å². The standard InChI is InChI=1S/C35H36ClN3O3/c1-20-7-8-24(36)15-29(20)39-30-16-35(4,5)17-31(40)33(30)32(28(18-37)34(39)38)27-14-23(21(2)13-22(27)3)19-42-26-11-9-25(41-6)10-12-26/h7-15,32H,16-17,19,38H2,1-6H3. The summed E-state index contributed by atoms with van der Waals surface area (Å²) in [7, 11) is 1.63. The van der Waals surface area contributed by atoms with Crippen molar-refractivity contribution in [3.8, 4) is 17.6 Å². The lowest BCUT2D eigenvalue weighted by molar-refractivity contribution is -0.118. The number of allylic oxidation sites excluding steroid dienone is 3. The van der Waals surface area contributed by atoms with Gasteiger partial charge in [-0.15, -0.1) is 0 Å². The lowest BCUT2D eigenvalue weighted by Crippen LogP contribution is -2.42. The SMILES string of the molecule is COc1ccc(OCc2cc(C3C(C#N)=C(N)N(c4cc(Cl)ccc4C)C4=C3C(=O)CC(C)(C)C4)c(C)cc2C)cc1. The molecule has 0 radical (unpaired) electrons. The first-order valence-corrected chi connectivity index (χ1v) is 14.4. The molecule has 216 valence electrons. The second-order valence-corrected chi connectivity index (χ2v) is 12.4. The molecule has 3 aromatic carbocycles. The van der Waals surface area contributed by atoms with Gasteiger partial charge in [-0.05, 0) is 96.8 Å². The van der Waals surface area contributed by atoms with Crippen molar-refractivity contribution in [2.75, 3.05) is 12.0 Å². The van der Waals surface area contributed by atoms with Crippen molar-refractivity contribution in [1.29, 1.82) is 5.26 Å². The van der Waals surface area contributed by atoms with E-state index in [-0.39, 0.29) is 11.2 Å². The number of ether oxygens (including phenoxy) is 2. The Morgan fingerprint density at radius 3 is 2.36 bits per heavy atom. The van der Waals surface area contributed by atoms with Gasteiger partial charge in [0, 0.05) is 22.7 Å². The van der Waals surface area contributed by atoms with E-state index in [1.54, 1.807) is 7.11 Å². The molecule has 0 amide bonds. The topological polar surface area (TPSA) is 88.6 Å². The van der Waals surface area contributed by atoms with Gasteiger partial charge in [0.25, 0.3) is 0 Å². The highest BCUT2D eigenvalue weighted by Crippen LogP contribution is 2.51. The summed E-state index contributed by atoms with van der Waals surface area (Å²) in [6.45, 7) is 10.6. The first-order chi connectivity index (χ1) is 19.9. The van der Waals surface area contributed by atoms with Crippen LogP contribution in [0.15, 0.2) is 77.3 Å². The van der Waals surface area contributed by atoms with E-state index < -0.39 is 5.92 Å². The lowest BCUT2D eigenvalue weighted by Gasteiger charge is -2.44. The molecular formula is C35H36ClN3O3. The highest BCUT2D eigenvalue weighted by Gasteiger charge is 2.45. The maximum atomic E-state index is 14.0. The summed E-state index contributed by atoms with van der Waals surface area (Å²) in [5.41, 5.74) is 14.1. The average Bonchev–Trinajstić information content (AvgIpc) is 2.93. The van der Waals surface area contributed by atoms with Gasteiger partial charge >= 0.3 is 0 Å². The Balaban J connectivity index is 1.65. The minimum absolute atomic E-state index is 0.0344. The molecular weight excluding hydrogens is 546 g/mol. The van der Waals surface area contributed by atoms with Crippen LogP contribution in [0.5, 0.6) is 11.5 Å². The summed E-state index contributed by atoms with van der Waals surface area (Å²) in [4.78, 5) is 15.9. The van der Waals surface area contributed by atoms with Crippen molar-refractivity contribution in [3.63, 3.8) is 0 Å². The summed E-state index contributed by atoms with van der Waals surface area (Å²) in [6, 6.07) is 19.6. The fourth-order valence-electron chi connectivity index (χ4n) is 6.13. The molecule has 0 spiro atoms. The average molecular weight is 582 g/mol. The monoisotopic (exact) mass is 581 g/mol. The van der Waals surface area contributed by atoms with Crippen LogP contribution in [-0.4, -0.2) is 12.9 Å². The Labute approximate surface area is 253 Å². The fraction of sp³-hybridized carbons (Fsp3) is 0.314. The van der Waals surface area contributed by atoms with Crippen LogP contribution >= 0.6 is 11.6 Å². The van der Waals surface area contributed by atoms with Crippen LogP contribution in [0.4, 0.5) is 5.69 Å². The molecule has 0 fully saturated rings. The fourth-order valence-corrected chi connectivity index (χ4v) is 6.30. The van der Waals surface area contributed by atoms with Gasteiger partial charge in [0.2, 0.25) is 0 Å². The molecule has 2 aliphatic rings. The first-order valence-electron chi connectivity index (χ1n) is 14.0. The molecule has 3 aromatic rings. The van der Waals surface area contributed by atoms with Crippen LogP contribution < -0.4 is 20.1 Å². The van der Waals surface area contributed by atoms with Crippen LogP contribution in [0, 0.1) is 37.5 Å². The highest BCUT2D eigenvalue weighted by molar-refractivity contribution is 6.30. The summed E-state index contributed by atoms with van der Waals surface area (Å²) in [5.74, 6) is 1.26. The third-order valence-electron chi connectivity index (χ3n) is 8.28. The number of carbonyl (C=O) groups excluding carboxylic acids is 1. The predicted octanol–water partition coefficient (Wildman–Crippen LogP) is 7.79. The highest BCUT2D eigenvalue weighted by atomic mass is 35.5. The number of methoxy groups -OCH3 is 1. The number of hydrogen-bond donors (Lipinski definition) is 1. The van der Waals surface area contributed by atoms with Crippen molar-refractivity contribution in [2.24, 2.45) is 11.1 Å². The summed E-state index contributed by atoms with van der Waals surface area (Å²) < 4.78 is 11.4. The predicted molar refractivity (Wildman–Crippen MR) is 167 cm³/mol. The zero-order valence-electron chi connectivity index (χ0n) is 25.0. The number of halogens is 1. The van der Waals surface area contributed by atoms with E-state index in [2.05, 4.69) is 32.0 Å². The van der Waals surface area contributed by atoms with E-state index in [1.807, 2.05) is 68.1 Å². The maximum absolute atomic E-state index is 14.0. The number of hydrogen-bond acceptors (Lipinski definition) is 6. The molecule has 0 saturated carbocycles. The number of ketones is 1. The van der Waals surface area contributed by atoms with Crippen LogP contribution in [0.2, 0.25) is 5.02 Å². The Morgan fingerprint density at radius 2 is 1.69 bits per heavy atom. The van der Waals surface area contributed by atoms with E-state index in [0.717, 1.165) is 50.7 Å². The Kier molecular flexibility index (Phi) is 7.83. The van der Waals surface area contributed by atoms with Gasteiger partial charge in [0.1, 0.15) is 23.9 Å². The molecule has 1 atom stereocenters. The molecule has 5 rings (SSSR count). The number of nitrogens with two attached hydrogens (primary N) is 1. The second-order valence-electron chi connectivity index (χ2n) is 12.0. The smallest absolute Gasteiger partial charge is 0.162 e. The number of carbonyl (C=O) groups is 1. The molecule has 0 saturated heterocycles. The van der Waals surface area contributed by atoms with E-state index in [0.29, 0.717) is 41.4 Å². The molecule has 1 aliphatic heterocycles. The number of rotatable bonds is 6. The summed E-state index contributed by atoms with van der Waals surface area (Å²) in [6.07, 6.45) is 1.02. The van der Waals surface area contributed by atoms with E-state index >= 15 is 0 Å². The number of benzene rings is 3. The van der Waals surface area contributed by atoms with Gasteiger partial charge in [-0.3, -0.25) is 9.69 Å². The molecule has 0 bridgehead atoms. The number of nitriles is 1. The van der Waals surface area contributed by atoms with Crippen molar-refractivity contribution >= 4 is 23.1 Å². The van der Waals surface area contributed by atoms with Crippen molar-refractivity contribution in [3.05, 3.63) is 110 Å².